The zero-order chi connectivity index (χ0) is 22.9. The van der Waals surface area contributed by atoms with Crippen molar-refractivity contribution in [3.63, 3.8) is 0 Å². The van der Waals surface area contributed by atoms with Crippen LogP contribution >= 0.6 is 11.8 Å². The summed E-state index contributed by atoms with van der Waals surface area (Å²) >= 11 is 1.79. The van der Waals surface area contributed by atoms with E-state index in [9.17, 15) is 0 Å². The number of ether oxygens (including phenoxy) is 1. The van der Waals surface area contributed by atoms with Crippen molar-refractivity contribution in [2.75, 3.05) is 12.4 Å². The number of hydrogen-bond acceptors (Lipinski definition) is 5. The van der Waals surface area contributed by atoms with E-state index in [-0.39, 0.29) is 0 Å². The number of aryl methyl sites for hydroxylation is 1. The summed E-state index contributed by atoms with van der Waals surface area (Å²) in [4.78, 5) is 15.5. The third-order valence-corrected chi connectivity index (χ3v) is 6.92. The third kappa shape index (κ3) is 4.27. The lowest BCUT2D eigenvalue weighted by Crippen LogP contribution is -1.98. The van der Waals surface area contributed by atoms with Gasteiger partial charge in [0.15, 0.2) is 11.5 Å². The molecule has 6 heteroatoms. The van der Waals surface area contributed by atoms with Crippen LogP contribution in [0.1, 0.15) is 43.7 Å². The molecule has 1 saturated carbocycles. The highest BCUT2D eigenvalue weighted by atomic mass is 32.2. The van der Waals surface area contributed by atoms with Crippen LogP contribution in [0.25, 0.3) is 39.6 Å². The summed E-state index contributed by atoms with van der Waals surface area (Å²) in [7, 11) is 1.99. The quantitative estimate of drug-likeness (QED) is 0.218. The fraction of sp³-hybridized carbons (Fsp3) is 0.296. The number of nitrogens with zero attached hydrogens (tertiary/aromatic N) is 4. The predicted octanol–water partition coefficient (Wildman–Crippen LogP) is 6.69. The molecule has 3 aromatic heterocycles. The predicted molar refractivity (Wildman–Crippen MR) is 136 cm³/mol. The Balaban J connectivity index is 1.53. The largest absolute Gasteiger partial charge is 0.494 e. The Bertz CT molecular complexity index is 1320. The summed E-state index contributed by atoms with van der Waals surface area (Å²) in [6.45, 7) is 8.67. The molecule has 1 fully saturated rings. The molecule has 168 valence electrons. The van der Waals surface area contributed by atoms with Crippen LogP contribution in [0.15, 0.2) is 60.3 Å². The summed E-state index contributed by atoms with van der Waals surface area (Å²) in [5.41, 5.74) is 7.12. The van der Waals surface area contributed by atoms with Gasteiger partial charge in [0.1, 0.15) is 17.0 Å². The van der Waals surface area contributed by atoms with Gasteiger partial charge < -0.3 is 9.30 Å². The topological polar surface area (TPSA) is 52.8 Å². The molecule has 0 radical (unpaired) electrons. The highest BCUT2D eigenvalue weighted by Crippen LogP contribution is 2.41. The zero-order valence-corrected chi connectivity index (χ0v) is 20.2. The van der Waals surface area contributed by atoms with Crippen LogP contribution in [0.5, 0.6) is 0 Å². The van der Waals surface area contributed by atoms with Gasteiger partial charge in [0.2, 0.25) is 0 Å². The smallest absolute Gasteiger partial charge is 0.161 e. The Morgan fingerprint density at radius 1 is 1.09 bits per heavy atom. The van der Waals surface area contributed by atoms with Crippen molar-refractivity contribution in [3.8, 4) is 22.6 Å². The second kappa shape index (κ2) is 9.02. The summed E-state index contributed by atoms with van der Waals surface area (Å²) in [5, 5.41) is 0. The van der Waals surface area contributed by atoms with Crippen molar-refractivity contribution in [2.24, 2.45) is 7.05 Å². The van der Waals surface area contributed by atoms with E-state index in [4.69, 9.17) is 14.7 Å². The molecule has 1 aliphatic carbocycles. The number of aromatic nitrogens is 4. The number of rotatable bonds is 8. The van der Waals surface area contributed by atoms with Crippen molar-refractivity contribution in [3.05, 3.63) is 66.5 Å². The fourth-order valence-corrected chi connectivity index (χ4v) is 4.90. The summed E-state index contributed by atoms with van der Waals surface area (Å²) in [6.07, 6.45) is 6.38. The van der Waals surface area contributed by atoms with Crippen molar-refractivity contribution in [1.29, 1.82) is 0 Å². The van der Waals surface area contributed by atoms with Crippen LogP contribution in [0.3, 0.4) is 0 Å². The van der Waals surface area contributed by atoms with Crippen LogP contribution < -0.4 is 0 Å². The second-order valence-corrected chi connectivity index (χ2v) is 9.62. The van der Waals surface area contributed by atoms with Crippen LogP contribution in [-0.2, 0) is 11.8 Å². The molecule has 33 heavy (non-hydrogen) atoms. The van der Waals surface area contributed by atoms with Crippen molar-refractivity contribution in [2.45, 2.75) is 37.5 Å². The van der Waals surface area contributed by atoms with Crippen molar-refractivity contribution in [1.82, 2.24) is 19.5 Å². The molecule has 0 saturated heterocycles. The van der Waals surface area contributed by atoms with Crippen molar-refractivity contribution < 1.29 is 4.74 Å². The molecule has 0 amide bonds. The van der Waals surface area contributed by atoms with Gasteiger partial charge in [-0.1, -0.05) is 37.8 Å². The van der Waals surface area contributed by atoms with Gasteiger partial charge in [0.25, 0.3) is 0 Å². The number of pyridine rings is 2. The van der Waals surface area contributed by atoms with Gasteiger partial charge in [-0.15, -0.1) is 11.8 Å². The molecule has 5 rings (SSSR count). The minimum absolute atomic E-state index is 0.571. The number of thioether (sulfide) groups is 1. The SMILES string of the molecule is C=C(OCC)c1cnc2c(c1)nc(-c1ncc(-c3ccc(C4CC4)cc3)cc1SCC)n2C. The molecule has 1 aliphatic rings. The minimum atomic E-state index is 0.571. The number of fused-ring (bicyclic) bond motifs is 1. The Morgan fingerprint density at radius 2 is 1.88 bits per heavy atom. The molecule has 4 aromatic rings. The number of benzene rings is 1. The first-order valence-electron chi connectivity index (χ1n) is 11.5. The normalized spacial score (nSPS) is 13.4. The van der Waals surface area contributed by atoms with Gasteiger partial charge in [0, 0.05) is 35.5 Å². The highest BCUT2D eigenvalue weighted by molar-refractivity contribution is 7.99. The van der Waals surface area contributed by atoms with Crippen LogP contribution in [-0.4, -0.2) is 31.9 Å². The average Bonchev–Trinajstić information content (AvgIpc) is 3.63. The molecule has 0 aliphatic heterocycles. The first-order valence-corrected chi connectivity index (χ1v) is 12.5. The van der Waals surface area contributed by atoms with E-state index in [1.807, 2.05) is 30.8 Å². The molecule has 1 aromatic carbocycles. The van der Waals surface area contributed by atoms with Crippen LogP contribution in [0.2, 0.25) is 0 Å². The second-order valence-electron chi connectivity index (χ2n) is 8.32. The molecule has 5 nitrogen and oxygen atoms in total. The molecule has 0 spiro atoms. The summed E-state index contributed by atoms with van der Waals surface area (Å²) in [5.74, 6) is 3.14. The molecule has 0 bridgehead atoms. The van der Waals surface area contributed by atoms with Gasteiger partial charge in [-0.25, -0.2) is 9.97 Å². The van der Waals surface area contributed by atoms with Crippen LogP contribution in [0.4, 0.5) is 0 Å². The molecule has 0 atom stereocenters. The standard InChI is InChI=1S/C27H28N4OS/c1-5-32-17(3)21-13-23-26(29-15-21)31(4)27(30-23)25-24(33-6-2)14-22(16-28-25)20-11-9-19(10-12-20)18-7-8-18/h9-16,18H,3,5-8H2,1-2,4H3. The van der Waals surface area contributed by atoms with Gasteiger partial charge in [-0.2, -0.15) is 0 Å². The highest BCUT2D eigenvalue weighted by Gasteiger charge is 2.23. The molecular weight excluding hydrogens is 428 g/mol. The molecular formula is C27H28N4OS. The zero-order valence-electron chi connectivity index (χ0n) is 19.3. The van der Waals surface area contributed by atoms with E-state index >= 15 is 0 Å². The van der Waals surface area contributed by atoms with Gasteiger partial charge in [-0.05, 0) is 54.7 Å². The third-order valence-electron chi connectivity index (χ3n) is 6.01. The Hall–Kier alpha value is -3.12. The lowest BCUT2D eigenvalue weighted by atomic mass is 10.0. The maximum absolute atomic E-state index is 5.54. The lowest BCUT2D eigenvalue weighted by Gasteiger charge is -2.11. The Kier molecular flexibility index (Phi) is 5.94. The summed E-state index contributed by atoms with van der Waals surface area (Å²) < 4.78 is 7.55. The first-order chi connectivity index (χ1) is 16.1. The van der Waals surface area contributed by atoms with Crippen molar-refractivity contribution >= 4 is 28.7 Å². The number of imidazole rings is 1. The van der Waals surface area contributed by atoms with E-state index in [0.717, 1.165) is 50.4 Å². The molecule has 0 N–H and O–H groups in total. The monoisotopic (exact) mass is 456 g/mol. The van der Waals surface area contributed by atoms with Gasteiger partial charge in [0.05, 0.1) is 6.61 Å². The number of hydrogen-bond donors (Lipinski definition) is 0. The van der Waals surface area contributed by atoms with E-state index in [1.165, 1.54) is 24.0 Å². The van der Waals surface area contributed by atoms with E-state index in [2.05, 4.69) is 48.8 Å². The maximum atomic E-state index is 5.54. The Labute approximate surface area is 198 Å². The van der Waals surface area contributed by atoms with Gasteiger partial charge >= 0.3 is 0 Å². The Morgan fingerprint density at radius 3 is 2.58 bits per heavy atom. The van der Waals surface area contributed by atoms with E-state index in [0.29, 0.717) is 12.4 Å². The fourth-order valence-electron chi connectivity index (χ4n) is 4.10. The molecule has 0 unspecified atom stereocenters. The molecule has 3 heterocycles. The van der Waals surface area contributed by atoms with Crippen LogP contribution in [0, 0.1) is 0 Å². The van der Waals surface area contributed by atoms with E-state index in [1.54, 1.807) is 18.0 Å². The minimum Gasteiger partial charge on any atom is -0.494 e. The lowest BCUT2D eigenvalue weighted by molar-refractivity contribution is 0.299. The van der Waals surface area contributed by atoms with E-state index < -0.39 is 0 Å². The average molecular weight is 457 g/mol. The maximum Gasteiger partial charge on any atom is 0.161 e. The van der Waals surface area contributed by atoms with Gasteiger partial charge in [-0.3, -0.25) is 4.98 Å². The first kappa shape index (κ1) is 21.7. The summed E-state index contributed by atoms with van der Waals surface area (Å²) in [6, 6.07) is 13.2.